The van der Waals surface area contributed by atoms with Gasteiger partial charge in [-0.25, -0.2) is 18.7 Å². The minimum Gasteiger partial charge on any atom is -0.493 e. The SMILES string of the molecule is Cc1[nH]c2c(-c3cc(F)ccc3OCC3CC3)ncnc2c1C(=O)N[C@H]1CN(C(=O)[C@H](C)O)C[C@H]1F. The summed E-state index contributed by atoms with van der Waals surface area (Å²) < 4.78 is 34.8. The monoisotopic (exact) mass is 499 g/mol. The summed E-state index contributed by atoms with van der Waals surface area (Å²) in [5, 5.41) is 12.2. The Morgan fingerprint density at radius 1 is 1.31 bits per heavy atom. The number of aromatic nitrogens is 3. The number of carbonyl (C=O) groups excluding carboxylic acids is 2. The number of nitrogens with zero attached hydrogens (tertiary/aromatic N) is 3. The van der Waals surface area contributed by atoms with Crippen LogP contribution in [0, 0.1) is 18.7 Å². The molecule has 2 aromatic heterocycles. The molecule has 3 heterocycles. The number of aromatic amines is 1. The van der Waals surface area contributed by atoms with Crippen LogP contribution in [0.1, 0.15) is 35.8 Å². The molecule has 2 amide bonds. The van der Waals surface area contributed by atoms with Crippen molar-refractivity contribution in [2.24, 2.45) is 5.92 Å². The van der Waals surface area contributed by atoms with Crippen LogP contribution in [0.25, 0.3) is 22.3 Å². The second-order valence-corrected chi connectivity index (χ2v) is 9.48. The van der Waals surface area contributed by atoms with Crippen molar-refractivity contribution in [2.45, 2.75) is 45.0 Å². The lowest BCUT2D eigenvalue weighted by Crippen LogP contribution is -2.42. The molecule has 1 aromatic carbocycles. The van der Waals surface area contributed by atoms with Gasteiger partial charge in [-0.05, 0) is 50.8 Å². The van der Waals surface area contributed by atoms with Crippen LogP contribution in [0.3, 0.4) is 0 Å². The molecule has 0 radical (unpaired) electrons. The number of alkyl halides is 1. The van der Waals surface area contributed by atoms with Crippen LogP contribution in [0.15, 0.2) is 24.5 Å². The fourth-order valence-corrected chi connectivity index (χ4v) is 4.49. The van der Waals surface area contributed by atoms with E-state index in [0.29, 0.717) is 46.3 Å². The summed E-state index contributed by atoms with van der Waals surface area (Å²) in [5.41, 5.74) is 2.23. The van der Waals surface area contributed by atoms with E-state index in [-0.39, 0.29) is 18.7 Å². The predicted molar refractivity (Wildman–Crippen MR) is 127 cm³/mol. The minimum absolute atomic E-state index is 0.0523. The summed E-state index contributed by atoms with van der Waals surface area (Å²) in [6.45, 7) is 3.27. The van der Waals surface area contributed by atoms with Crippen LogP contribution in [0.4, 0.5) is 8.78 Å². The van der Waals surface area contributed by atoms with Crippen LogP contribution < -0.4 is 10.1 Å². The van der Waals surface area contributed by atoms with Gasteiger partial charge in [0.1, 0.15) is 41.4 Å². The van der Waals surface area contributed by atoms with Gasteiger partial charge in [-0.1, -0.05) is 0 Å². The van der Waals surface area contributed by atoms with Crippen LogP contribution in [0.5, 0.6) is 5.75 Å². The topological polar surface area (TPSA) is 120 Å². The first-order chi connectivity index (χ1) is 17.2. The number of nitrogens with one attached hydrogen (secondary N) is 2. The molecule has 1 saturated carbocycles. The molecule has 2 fully saturated rings. The molecule has 3 aromatic rings. The highest BCUT2D eigenvalue weighted by Gasteiger charge is 2.38. The number of aryl methyl sites for hydroxylation is 1. The van der Waals surface area contributed by atoms with Crippen molar-refractivity contribution in [3.05, 3.63) is 41.6 Å². The number of benzene rings is 1. The number of halogens is 2. The summed E-state index contributed by atoms with van der Waals surface area (Å²) in [6.07, 6.45) is 0.764. The molecule has 36 heavy (non-hydrogen) atoms. The number of likely N-dealkylation sites (tertiary alicyclic amines) is 1. The van der Waals surface area contributed by atoms with E-state index in [0.717, 1.165) is 12.8 Å². The highest BCUT2D eigenvalue weighted by atomic mass is 19.1. The lowest BCUT2D eigenvalue weighted by molar-refractivity contribution is -0.138. The fourth-order valence-electron chi connectivity index (χ4n) is 4.49. The van der Waals surface area contributed by atoms with Crippen molar-refractivity contribution in [3.8, 4) is 17.0 Å². The number of carbonyl (C=O) groups is 2. The van der Waals surface area contributed by atoms with Crippen molar-refractivity contribution in [2.75, 3.05) is 19.7 Å². The Kier molecular flexibility index (Phi) is 6.33. The van der Waals surface area contributed by atoms with Crippen molar-refractivity contribution >= 4 is 22.8 Å². The number of amides is 2. The third-order valence-electron chi connectivity index (χ3n) is 6.60. The Hall–Kier alpha value is -3.60. The zero-order valence-electron chi connectivity index (χ0n) is 19.9. The summed E-state index contributed by atoms with van der Waals surface area (Å²) >= 11 is 0. The molecule has 1 aliphatic carbocycles. The molecule has 9 nitrogen and oxygen atoms in total. The van der Waals surface area contributed by atoms with E-state index in [1.165, 1.54) is 30.3 Å². The largest absolute Gasteiger partial charge is 0.493 e. The molecule has 1 aliphatic heterocycles. The first kappa shape index (κ1) is 24.1. The fraction of sp³-hybridized carbons (Fsp3) is 0.440. The van der Waals surface area contributed by atoms with Crippen LogP contribution >= 0.6 is 0 Å². The van der Waals surface area contributed by atoms with Crippen molar-refractivity contribution in [3.63, 3.8) is 0 Å². The van der Waals surface area contributed by atoms with E-state index in [2.05, 4.69) is 20.3 Å². The smallest absolute Gasteiger partial charge is 0.255 e. The number of hydrogen-bond donors (Lipinski definition) is 3. The highest BCUT2D eigenvalue weighted by molar-refractivity contribution is 6.09. The van der Waals surface area contributed by atoms with Crippen LogP contribution in [0.2, 0.25) is 0 Å². The summed E-state index contributed by atoms with van der Waals surface area (Å²) in [4.78, 5) is 38.2. The first-order valence-electron chi connectivity index (χ1n) is 11.9. The maximum atomic E-state index is 14.6. The molecule has 0 spiro atoms. The van der Waals surface area contributed by atoms with E-state index in [1.807, 2.05) is 0 Å². The summed E-state index contributed by atoms with van der Waals surface area (Å²) in [7, 11) is 0. The molecule has 1 saturated heterocycles. The zero-order chi connectivity index (χ0) is 25.6. The highest BCUT2D eigenvalue weighted by Crippen LogP contribution is 2.36. The molecule has 190 valence electrons. The summed E-state index contributed by atoms with van der Waals surface area (Å²) in [5.74, 6) is -0.631. The Labute approximate surface area is 205 Å². The van der Waals surface area contributed by atoms with E-state index in [9.17, 15) is 23.5 Å². The Morgan fingerprint density at radius 3 is 2.81 bits per heavy atom. The predicted octanol–water partition coefficient (Wildman–Crippen LogP) is 2.52. The molecule has 3 N–H and O–H groups in total. The Balaban J connectivity index is 1.44. The number of ether oxygens (including phenoxy) is 1. The minimum atomic E-state index is -1.48. The van der Waals surface area contributed by atoms with Gasteiger partial charge in [0.25, 0.3) is 11.8 Å². The maximum absolute atomic E-state index is 14.6. The third kappa shape index (κ3) is 4.62. The van der Waals surface area contributed by atoms with Gasteiger partial charge in [-0.15, -0.1) is 0 Å². The van der Waals surface area contributed by atoms with Gasteiger partial charge in [0, 0.05) is 17.8 Å². The normalized spacial score (nSPS) is 20.5. The molecule has 5 rings (SSSR count). The molecular formula is C25H27F2N5O4. The number of aliphatic hydroxyl groups excluding tert-OH is 1. The Morgan fingerprint density at radius 2 is 2.08 bits per heavy atom. The first-order valence-corrected chi connectivity index (χ1v) is 11.9. The number of H-pyrrole nitrogens is 1. The second-order valence-electron chi connectivity index (χ2n) is 9.48. The number of fused-ring (bicyclic) bond motifs is 1. The van der Waals surface area contributed by atoms with Crippen LogP contribution in [-0.4, -0.2) is 74.8 Å². The van der Waals surface area contributed by atoms with Crippen molar-refractivity contribution in [1.82, 2.24) is 25.2 Å². The van der Waals surface area contributed by atoms with E-state index in [4.69, 9.17) is 4.74 Å². The average molecular weight is 500 g/mol. The molecule has 11 heteroatoms. The maximum Gasteiger partial charge on any atom is 0.255 e. The van der Waals surface area contributed by atoms with Gasteiger partial charge in [0.2, 0.25) is 0 Å². The quantitative estimate of drug-likeness (QED) is 0.460. The molecular weight excluding hydrogens is 472 g/mol. The van der Waals surface area contributed by atoms with E-state index < -0.39 is 35.9 Å². The van der Waals surface area contributed by atoms with E-state index >= 15 is 0 Å². The van der Waals surface area contributed by atoms with Gasteiger partial charge in [0.15, 0.2) is 0 Å². The molecule has 2 aliphatic rings. The van der Waals surface area contributed by atoms with Crippen molar-refractivity contribution in [1.29, 1.82) is 0 Å². The number of hydrogen-bond acceptors (Lipinski definition) is 6. The lowest BCUT2D eigenvalue weighted by Gasteiger charge is -2.18. The zero-order valence-corrected chi connectivity index (χ0v) is 19.9. The molecule has 0 bridgehead atoms. The number of rotatable bonds is 7. The van der Waals surface area contributed by atoms with Gasteiger partial charge in [0.05, 0.1) is 30.3 Å². The van der Waals surface area contributed by atoms with Crippen LogP contribution in [-0.2, 0) is 4.79 Å². The van der Waals surface area contributed by atoms with E-state index in [1.54, 1.807) is 13.0 Å². The number of aliphatic hydroxyl groups is 1. The molecule has 3 atom stereocenters. The van der Waals surface area contributed by atoms with Gasteiger partial charge in [-0.3, -0.25) is 9.59 Å². The molecule has 0 unspecified atom stereocenters. The second kappa shape index (κ2) is 9.45. The average Bonchev–Trinajstić information content (AvgIpc) is 3.51. The third-order valence-corrected chi connectivity index (χ3v) is 6.60. The Bertz CT molecular complexity index is 1320. The standard InChI is InChI=1S/C25H27F2N5O4/c1-12-20(24(34)31-18-9-32(8-17(18)27)25(35)13(2)33)22-23(30-12)21(28-11-29-22)16-7-15(26)5-6-19(16)36-10-14-3-4-14/h5-7,11,13-14,17-18,30,33H,3-4,8-10H2,1-2H3,(H,31,34)/t13-,17+,18-/m0/s1. The lowest BCUT2D eigenvalue weighted by atomic mass is 10.1. The summed E-state index contributed by atoms with van der Waals surface area (Å²) in [6, 6.07) is 3.28. The van der Waals surface area contributed by atoms with Crippen molar-refractivity contribution < 1.29 is 28.2 Å². The van der Waals surface area contributed by atoms with Gasteiger partial charge < -0.3 is 25.0 Å². The van der Waals surface area contributed by atoms with Gasteiger partial charge >= 0.3 is 0 Å². The van der Waals surface area contributed by atoms with Gasteiger partial charge in [-0.2, -0.15) is 0 Å².